The molecule has 1 atom stereocenters. The van der Waals surface area contributed by atoms with E-state index in [1.807, 2.05) is 0 Å². The van der Waals surface area contributed by atoms with Crippen molar-refractivity contribution in [2.45, 2.75) is 44.1 Å². The van der Waals surface area contributed by atoms with Gasteiger partial charge >= 0.3 is 0 Å². The highest BCUT2D eigenvalue weighted by atomic mass is 16.3. The Hall–Kier alpha value is -0.0800. The molecule has 1 saturated heterocycles. The predicted molar refractivity (Wildman–Crippen MR) is 53.6 cm³/mol. The van der Waals surface area contributed by atoms with Crippen molar-refractivity contribution < 1.29 is 5.11 Å². The molecule has 2 nitrogen and oxygen atoms in total. The molecule has 2 heteroatoms. The lowest BCUT2D eigenvalue weighted by atomic mass is 9.76. The third-order valence-electron chi connectivity index (χ3n) is 3.79. The highest BCUT2D eigenvalue weighted by molar-refractivity contribution is 4.88. The Balaban J connectivity index is 1.67. The number of hydrogen-bond acceptors (Lipinski definition) is 2. The summed E-state index contributed by atoms with van der Waals surface area (Å²) in [5.41, 5.74) is -0.249. The minimum absolute atomic E-state index is 0.249. The third-order valence-corrected chi connectivity index (χ3v) is 3.79. The van der Waals surface area contributed by atoms with E-state index >= 15 is 0 Å². The second-order valence-corrected chi connectivity index (χ2v) is 5.03. The van der Waals surface area contributed by atoms with Gasteiger partial charge in [0.15, 0.2) is 0 Å². The molecule has 1 heterocycles. The molecule has 1 aliphatic carbocycles. The summed E-state index contributed by atoms with van der Waals surface area (Å²) < 4.78 is 0. The van der Waals surface area contributed by atoms with Crippen LogP contribution in [0.15, 0.2) is 0 Å². The third kappa shape index (κ3) is 2.23. The van der Waals surface area contributed by atoms with Gasteiger partial charge in [-0.3, -0.25) is 0 Å². The fraction of sp³-hybridized carbons (Fsp3) is 1.00. The zero-order valence-electron chi connectivity index (χ0n) is 8.63. The van der Waals surface area contributed by atoms with E-state index in [9.17, 15) is 5.11 Å². The van der Waals surface area contributed by atoms with Gasteiger partial charge in [-0.2, -0.15) is 0 Å². The van der Waals surface area contributed by atoms with E-state index in [0.29, 0.717) is 0 Å². The molecule has 0 aromatic rings. The summed E-state index contributed by atoms with van der Waals surface area (Å²) in [5, 5.41) is 9.92. The summed E-state index contributed by atoms with van der Waals surface area (Å²) in [6, 6.07) is 0. The first-order valence-electron chi connectivity index (χ1n) is 5.59. The maximum absolute atomic E-state index is 9.92. The fourth-order valence-corrected chi connectivity index (χ4v) is 2.57. The quantitative estimate of drug-likeness (QED) is 0.719. The van der Waals surface area contributed by atoms with Gasteiger partial charge in [0.1, 0.15) is 0 Å². The number of hydrogen-bond donors (Lipinski definition) is 1. The van der Waals surface area contributed by atoms with Crippen LogP contribution >= 0.6 is 0 Å². The minimum atomic E-state index is -0.249. The van der Waals surface area contributed by atoms with E-state index in [0.717, 1.165) is 25.2 Å². The molecule has 0 amide bonds. The smallest absolute Gasteiger partial charge is 0.0648 e. The highest BCUT2D eigenvalue weighted by Gasteiger charge is 2.34. The standard InChI is InChI=1S/C11H21NO/c1-12-8-4-10(9-12)3-7-11(13)5-2-6-11/h10,13H,2-9H2,1H3. The Morgan fingerprint density at radius 1 is 1.46 bits per heavy atom. The number of nitrogens with zero attached hydrogens (tertiary/aromatic N) is 1. The Morgan fingerprint density at radius 2 is 2.23 bits per heavy atom. The highest BCUT2D eigenvalue weighted by Crippen LogP contribution is 2.37. The van der Waals surface area contributed by atoms with Gasteiger partial charge in [0.25, 0.3) is 0 Å². The van der Waals surface area contributed by atoms with Crippen LogP contribution in [0.3, 0.4) is 0 Å². The fourth-order valence-electron chi connectivity index (χ4n) is 2.57. The van der Waals surface area contributed by atoms with Crippen molar-refractivity contribution in [2.75, 3.05) is 20.1 Å². The van der Waals surface area contributed by atoms with Crippen LogP contribution < -0.4 is 0 Å². The van der Waals surface area contributed by atoms with Crippen LogP contribution in [0.5, 0.6) is 0 Å². The van der Waals surface area contributed by atoms with Crippen LogP contribution in [0.4, 0.5) is 0 Å². The molecule has 1 aliphatic heterocycles. The van der Waals surface area contributed by atoms with Gasteiger partial charge < -0.3 is 10.0 Å². The maximum atomic E-state index is 9.92. The van der Waals surface area contributed by atoms with E-state index in [4.69, 9.17) is 0 Å². The van der Waals surface area contributed by atoms with E-state index in [1.165, 1.54) is 32.4 Å². The lowest BCUT2D eigenvalue weighted by Gasteiger charge is -2.37. The van der Waals surface area contributed by atoms with E-state index in [1.54, 1.807) is 0 Å². The maximum Gasteiger partial charge on any atom is 0.0648 e. The molecule has 2 aliphatic rings. The molecule has 2 fully saturated rings. The van der Waals surface area contributed by atoms with Crippen LogP contribution in [0.2, 0.25) is 0 Å². The molecule has 0 spiro atoms. The SMILES string of the molecule is CN1CCC(CCC2(O)CCC2)C1. The largest absolute Gasteiger partial charge is 0.390 e. The van der Waals surface area contributed by atoms with Crippen molar-refractivity contribution in [1.29, 1.82) is 0 Å². The monoisotopic (exact) mass is 183 g/mol. The van der Waals surface area contributed by atoms with Gasteiger partial charge in [-0.05, 0) is 58.0 Å². The van der Waals surface area contributed by atoms with E-state index in [2.05, 4.69) is 11.9 Å². The number of likely N-dealkylation sites (tertiary alicyclic amines) is 1. The van der Waals surface area contributed by atoms with Gasteiger partial charge in [-0.1, -0.05) is 0 Å². The van der Waals surface area contributed by atoms with Crippen molar-refractivity contribution in [3.8, 4) is 0 Å². The Kier molecular flexibility index (Phi) is 2.61. The number of aliphatic hydroxyl groups is 1. The van der Waals surface area contributed by atoms with Crippen molar-refractivity contribution >= 4 is 0 Å². The molecule has 76 valence electrons. The summed E-state index contributed by atoms with van der Waals surface area (Å²) in [6.45, 7) is 2.50. The van der Waals surface area contributed by atoms with Gasteiger partial charge in [0, 0.05) is 6.54 Å². The van der Waals surface area contributed by atoms with Crippen molar-refractivity contribution in [3.63, 3.8) is 0 Å². The second-order valence-electron chi connectivity index (χ2n) is 5.03. The predicted octanol–water partition coefficient (Wildman–Crippen LogP) is 1.63. The first-order chi connectivity index (χ1) is 6.18. The molecule has 1 saturated carbocycles. The minimum Gasteiger partial charge on any atom is -0.390 e. The Labute approximate surface area is 80.9 Å². The first-order valence-corrected chi connectivity index (χ1v) is 5.59. The summed E-state index contributed by atoms with van der Waals surface area (Å²) in [5.74, 6) is 0.856. The van der Waals surface area contributed by atoms with Crippen LogP contribution in [-0.2, 0) is 0 Å². The zero-order valence-corrected chi connectivity index (χ0v) is 8.63. The Bertz CT molecular complexity index is 177. The summed E-state index contributed by atoms with van der Waals surface area (Å²) in [4.78, 5) is 2.40. The summed E-state index contributed by atoms with van der Waals surface area (Å²) >= 11 is 0. The molecule has 1 N–H and O–H groups in total. The van der Waals surface area contributed by atoms with Crippen LogP contribution in [0, 0.1) is 5.92 Å². The molecule has 1 unspecified atom stereocenters. The second kappa shape index (κ2) is 3.58. The molecule has 0 aromatic heterocycles. The topological polar surface area (TPSA) is 23.5 Å². The Morgan fingerprint density at radius 3 is 2.69 bits per heavy atom. The van der Waals surface area contributed by atoms with Gasteiger partial charge in [-0.25, -0.2) is 0 Å². The van der Waals surface area contributed by atoms with Crippen LogP contribution in [-0.4, -0.2) is 35.7 Å². The van der Waals surface area contributed by atoms with Crippen LogP contribution in [0.25, 0.3) is 0 Å². The molecule has 0 radical (unpaired) electrons. The van der Waals surface area contributed by atoms with Gasteiger partial charge in [0.05, 0.1) is 5.60 Å². The van der Waals surface area contributed by atoms with Crippen molar-refractivity contribution in [2.24, 2.45) is 5.92 Å². The summed E-state index contributed by atoms with van der Waals surface area (Å²) in [6.07, 6.45) is 6.96. The molecular formula is C11H21NO. The first kappa shape index (κ1) is 9.47. The molecule has 2 rings (SSSR count). The average Bonchev–Trinajstić information content (AvgIpc) is 2.44. The van der Waals surface area contributed by atoms with Crippen molar-refractivity contribution in [1.82, 2.24) is 4.90 Å². The normalized spacial score (nSPS) is 33.2. The molecule has 0 bridgehead atoms. The van der Waals surface area contributed by atoms with Crippen molar-refractivity contribution in [3.05, 3.63) is 0 Å². The van der Waals surface area contributed by atoms with Gasteiger partial charge in [0.2, 0.25) is 0 Å². The molecule has 0 aromatic carbocycles. The number of rotatable bonds is 3. The molecular weight excluding hydrogens is 162 g/mol. The lowest BCUT2D eigenvalue weighted by molar-refractivity contribution is -0.0443. The van der Waals surface area contributed by atoms with E-state index in [-0.39, 0.29) is 5.60 Å². The lowest BCUT2D eigenvalue weighted by Crippen LogP contribution is -2.37. The summed E-state index contributed by atoms with van der Waals surface area (Å²) in [7, 11) is 2.19. The van der Waals surface area contributed by atoms with E-state index < -0.39 is 0 Å². The molecule has 13 heavy (non-hydrogen) atoms. The van der Waals surface area contributed by atoms with Gasteiger partial charge in [-0.15, -0.1) is 0 Å². The zero-order chi connectivity index (χ0) is 9.31. The average molecular weight is 183 g/mol. The van der Waals surface area contributed by atoms with Crippen LogP contribution in [0.1, 0.15) is 38.5 Å².